The second kappa shape index (κ2) is 10.1. The van der Waals surface area contributed by atoms with Crippen molar-refractivity contribution in [2.45, 2.75) is 38.7 Å². The predicted molar refractivity (Wildman–Crippen MR) is 124 cm³/mol. The molecule has 1 aromatic heterocycles. The standard InChI is InChI=1S/C24H28N2O4S/c1-3-4-14-29-18-12-10-17(11-13-18)23(27)26(16-19-7-6-15-30-19)24-25-22-20(28-2)8-5-9-21(22)31-24/h5,8-13,19H,3-4,6-7,14-16H2,1-2H3. The molecule has 1 atom stereocenters. The zero-order chi connectivity index (χ0) is 21.6. The van der Waals surface area contributed by atoms with Crippen molar-refractivity contribution in [2.75, 3.05) is 31.8 Å². The average molecular weight is 441 g/mol. The normalized spacial score (nSPS) is 15.9. The van der Waals surface area contributed by atoms with Crippen molar-refractivity contribution >= 4 is 32.6 Å². The van der Waals surface area contributed by atoms with Gasteiger partial charge in [0.1, 0.15) is 17.0 Å². The van der Waals surface area contributed by atoms with Crippen LogP contribution in [-0.2, 0) is 4.74 Å². The molecule has 0 spiro atoms. The van der Waals surface area contributed by atoms with Gasteiger partial charge in [0, 0.05) is 12.2 Å². The summed E-state index contributed by atoms with van der Waals surface area (Å²) < 4.78 is 18.0. The van der Waals surface area contributed by atoms with Crippen LogP contribution in [0.5, 0.6) is 11.5 Å². The number of methoxy groups -OCH3 is 1. The summed E-state index contributed by atoms with van der Waals surface area (Å²) in [5, 5.41) is 0.656. The number of hydrogen-bond acceptors (Lipinski definition) is 6. The molecule has 1 aliphatic rings. The molecule has 3 aromatic rings. The van der Waals surface area contributed by atoms with E-state index in [0.717, 1.165) is 48.3 Å². The summed E-state index contributed by atoms with van der Waals surface area (Å²) in [6, 6.07) is 13.2. The summed E-state index contributed by atoms with van der Waals surface area (Å²) in [5.74, 6) is 1.40. The summed E-state index contributed by atoms with van der Waals surface area (Å²) in [7, 11) is 1.63. The lowest BCUT2D eigenvalue weighted by Gasteiger charge is -2.23. The van der Waals surface area contributed by atoms with E-state index < -0.39 is 0 Å². The summed E-state index contributed by atoms with van der Waals surface area (Å²) in [6.45, 7) is 4.04. The number of amides is 1. The molecule has 1 unspecified atom stereocenters. The first-order valence-electron chi connectivity index (χ1n) is 10.8. The fourth-order valence-corrected chi connectivity index (χ4v) is 4.61. The Morgan fingerprint density at radius 1 is 1.26 bits per heavy atom. The van der Waals surface area contributed by atoms with Crippen LogP contribution in [0, 0.1) is 0 Å². The van der Waals surface area contributed by atoms with Crippen LogP contribution >= 0.6 is 11.3 Å². The van der Waals surface area contributed by atoms with Crippen LogP contribution < -0.4 is 14.4 Å². The van der Waals surface area contributed by atoms with E-state index in [1.807, 2.05) is 42.5 Å². The Kier molecular flexibility index (Phi) is 7.04. The number of hydrogen-bond donors (Lipinski definition) is 0. The van der Waals surface area contributed by atoms with Gasteiger partial charge >= 0.3 is 0 Å². The maximum atomic E-state index is 13.5. The van der Waals surface area contributed by atoms with Crippen molar-refractivity contribution < 1.29 is 19.0 Å². The van der Waals surface area contributed by atoms with Gasteiger partial charge in [-0.25, -0.2) is 4.98 Å². The molecule has 4 rings (SSSR count). The monoisotopic (exact) mass is 440 g/mol. The number of fused-ring (bicyclic) bond motifs is 1. The Morgan fingerprint density at radius 2 is 2.10 bits per heavy atom. The molecule has 0 aliphatic carbocycles. The number of unbranched alkanes of at least 4 members (excludes halogenated alkanes) is 1. The zero-order valence-electron chi connectivity index (χ0n) is 18.0. The van der Waals surface area contributed by atoms with Crippen LogP contribution in [0.25, 0.3) is 10.2 Å². The van der Waals surface area contributed by atoms with Crippen LogP contribution in [0.1, 0.15) is 43.0 Å². The summed E-state index contributed by atoms with van der Waals surface area (Å²) in [6.07, 6.45) is 4.08. The molecule has 0 N–H and O–H groups in total. The van der Waals surface area contributed by atoms with Crippen LogP contribution in [0.2, 0.25) is 0 Å². The molecular weight excluding hydrogens is 412 g/mol. The molecule has 1 saturated heterocycles. The summed E-state index contributed by atoms with van der Waals surface area (Å²) in [4.78, 5) is 20.0. The molecule has 0 saturated carbocycles. The number of para-hydroxylation sites is 1. The summed E-state index contributed by atoms with van der Waals surface area (Å²) >= 11 is 1.49. The Morgan fingerprint density at radius 3 is 2.81 bits per heavy atom. The first kappa shape index (κ1) is 21.6. The van der Waals surface area contributed by atoms with Gasteiger partial charge in [-0.2, -0.15) is 0 Å². The van der Waals surface area contributed by atoms with Gasteiger partial charge in [-0.05, 0) is 55.7 Å². The molecule has 0 radical (unpaired) electrons. The zero-order valence-corrected chi connectivity index (χ0v) is 18.8. The second-order valence-electron chi connectivity index (χ2n) is 7.58. The topological polar surface area (TPSA) is 60.9 Å². The number of anilines is 1. The molecule has 164 valence electrons. The third kappa shape index (κ3) is 4.99. The SMILES string of the molecule is CCCCOc1ccc(C(=O)N(CC2CCCO2)c2nc3c(OC)cccc3s2)cc1. The van der Waals surface area contributed by atoms with Crippen molar-refractivity contribution in [1.29, 1.82) is 0 Å². The Balaban J connectivity index is 1.61. The molecule has 2 heterocycles. The van der Waals surface area contributed by atoms with E-state index in [9.17, 15) is 4.79 Å². The van der Waals surface area contributed by atoms with Gasteiger partial charge in [-0.3, -0.25) is 9.69 Å². The van der Waals surface area contributed by atoms with Gasteiger partial charge in [0.25, 0.3) is 5.91 Å². The molecule has 31 heavy (non-hydrogen) atoms. The number of carbonyl (C=O) groups is 1. The van der Waals surface area contributed by atoms with Gasteiger partial charge in [0.05, 0.1) is 31.1 Å². The van der Waals surface area contributed by atoms with E-state index in [0.29, 0.717) is 29.6 Å². The minimum Gasteiger partial charge on any atom is -0.494 e. The number of thiazole rings is 1. The highest BCUT2D eigenvalue weighted by atomic mass is 32.1. The first-order chi connectivity index (χ1) is 15.2. The van der Waals surface area contributed by atoms with Crippen LogP contribution in [0.15, 0.2) is 42.5 Å². The Hall–Kier alpha value is -2.64. The maximum Gasteiger partial charge on any atom is 0.260 e. The number of benzene rings is 2. The largest absolute Gasteiger partial charge is 0.494 e. The van der Waals surface area contributed by atoms with Crippen molar-refractivity contribution in [3.8, 4) is 11.5 Å². The number of ether oxygens (including phenoxy) is 3. The Labute approximate surface area is 186 Å². The lowest BCUT2D eigenvalue weighted by atomic mass is 10.1. The van der Waals surface area contributed by atoms with E-state index in [2.05, 4.69) is 6.92 Å². The fourth-order valence-electron chi connectivity index (χ4n) is 3.62. The van der Waals surface area contributed by atoms with E-state index in [4.69, 9.17) is 19.2 Å². The fraction of sp³-hybridized carbons (Fsp3) is 0.417. The molecule has 1 aliphatic heterocycles. The van der Waals surface area contributed by atoms with Gasteiger partial charge in [0.2, 0.25) is 0 Å². The molecule has 1 amide bonds. The third-order valence-electron chi connectivity index (χ3n) is 5.34. The van der Waals surface area contributed by atoms with Crippen molar-refractivity contribution in [1.82, 2.24) is 4.98 Å². The van der Waals surface area contributed by atoms with Crippen molar-refractivity contribution in [2.24, 2.45) is 0 Å². The number of carbonyl (C=O) groups excluding carboxylic acids is 1. The van der Waals surface area contributed by atoms with Gasteiger partial charge in [-0.15, -0.1) is 0 Å². The summed E-state index contributed by atoms with van der Waals surface area (Å²) in [5.41, 5.74) is 1.38. The van der Waals surface area contributed by atoms with Gasteiger partial charge in [0.15, 0.2) is 5.13 Å². The minimum atomic E-state index is -0.0892. The van der Waals surface area contributed by atoms with Crippen molar-refractivity contribution in [3.05, 3.63) is 48.0 Å². The molecule has 0 bridgehead atoms. The highest BCUT2D eigenvalue weighted by Gasteiger charge is 2.27. The average Bonchev–Trinajstić information content (AvgIpc) is 3.47. The maximum absolute atomic E-state index is 13.5. The second-order valence-corrected chi connectivity index (χ2v) is 8.59. The first-order valence-corrected chi connectivity index (χ1v) is 11.6. The molecule has 7 heteroatoms. The van der Waals surface area contributed by atoms with E-state index in [1.54, 1.807) is 12.0 Å². The smallest absolute Gasteiger partial charge is 0.260 e. The highest BCUT2D eigenvalue weighted by Crippen LogP contribution is 2.35. The predicted octanol–water partition coefficient (Wildman–Crippen LogP) is 5.31. The van der Waals surface area contributed by atoms with Crippen LogP contribution in [0.4, 0.5) is 5.13 Å². The minimum absolute atomic E-state index is 0.0227. The quantitative estimate of drug-likeness (QED) is 0.422. The highest BCUT2D eigenvalue weighted by molar-refractivity contribution is 7.22. The Bertz CT molecular complexity index is 1010. The van der Waals surface area contributed by atoms with Gasteiger partial charge in [-0.1, -0.05) is 30.7 Å². The number of aromatic nitrogens is 1. The van der Waals surface area contributed by atoms with Crippen LogP contribution in [0.3, 0.4) is 0 Å². The third-order valence-corrected chi connectivity index (χ3v) is 6.39. The van der Waals surface area contributed by atoms with E-state index in [1.165, 1.54) is 11.3 Å². The van der Waals surface area contributed by atoms with E-state index in [-0.39, 0.29) is 12.0 Å². The number of rotatable bonds is 9. The van der Waals surface area contributed by atoms with Crippen LogP contribution in [-0.4, -0.2) is 43.9 Å². The molecule has 2 aromatic carbocycles. The lowest BCUT2D eigenvalue weighted by molar-refractivity contribution is 0.0917. The number of nitrogens with zero attached hydrogens (tertiary/aromatic N) is 2. The van der Waals surface area contributed by atoms with Gasteiger partial charge < -0.3 is 14.2 Å². The van der Waals surface area contributed by atoms with Crippen molar-refractivity contribution in [3.63, 3.8) is 0 Å². The molecule has 1 fully saturated rings. The lowest BCUT2D eigenvalue weighted by Crippen LogP contribution is -2.37. The van der Waals surface area contributed by atoms with E-state index >= 15 is 0 Å². The molecule has 6 nitrogen and oxygen atoms in total. The molecular formula is C24H28N2O4S.